The van der Waals surface area contributed by atoms with Crippen LogP contribution in [-0.4, -0.2) is 27.5 Å². The van der Waals surface area contributed by atoms with Crippen LogP contribution in [0, 0.1) is 0 Å². The summed E-state index contributed by atoms with van der Waals surface area (Å²) in [5.74, 6) is 0. The molecule has 0 fully saturated rings. The summed E-state index contributed by atoms with van der Waals surface area (Å²) in [4.78, 5) is 12.0. The number of hydrogen-bond donors (Lipinski definition) is 3. The van der Waals surface area contributed by atoms with Crippen LogP contribution in [0.1, 0.15) is 25.0 Å². The average molecular weight is 302 g/mol. The molecule has 3 N–H and O–H groups in total. The van der Waals surface area contributed by atoms with Gasteiger partial charge in [-0.1, -0.05) is 19.9 Å². The van der Waals surface area contributed by atoms with E-state index in [0.717, 1.165) is 18.5 Å². The number of carbonyl (C=O) groups is 1. The van der Waals surface area contributed by atoms with E-state index in [0.29, 0.717) is 12.2 Å². The fourth-order valence-electron chi connectivity index (χ4n) is 2.32. The smallest absolute Gasteiger partial charge is 0.323 e. The molecule has 2 rings (SSSR count). The van der Waals surface area contributed by atoms with Crippen molar-refractivity contribution in [1.29, 1.82) is 0 Å². The molecule has 0 aliphatic heterocycles. The third-order valence-corrected chi connectivity index (χ3v) is 3.45. The number of anilines is 2. The highest BCUT2D eigenvalue weighted by Gasteiger charge is 2.06. The van der Waals surface area contributed by atoms with Gasteiger partial charge < -0.3 is 15.7 Å². The molecule has 1 aromatic heterocycles. The number of aliphatic hydroxyl groups is 1. The summed E-state index contributed by atoms with van der Waals surface area (Å²) in [5.41, 5.74) is 3.91. The molecule has 0 radical (unpaired) electrons. The van der Waals surface area contributed by atoms with Crippen LogP contribution in [0.3, 0.4) is 0 Å². The van der Waals surface area contributed by atoms with Gasteiger partial charge in [0.2, 0.25) is 0 Å². The predicted octanol–water partition coefficient (Wildman–Crippen LogP) is 2.64. The van der Waals surface area contributed by atoms with Crippen LogP contribution in [0.15, 0.2) is 30.6 Å². The molecule has 0 bridgehead atoms. The second kappa shape index (κ2) is 7.61. The van der Waals surface area contributed by atoms with Crippen molar-refractivity contribution in [3.63, 3.8) is 0 Å². The number of urea groups is 1. The number of hydrogen-bond acceptors (Lipinski definition) is 3. The zero-order valence-electron chi connectivity index (χ0n) is 13.0. The average Bonchev–Trinajstić information content (AvgIpc) is 2.94. The van der Waals surface area contributed by atoms with Crippen LogP contribution in [0.5, 0.6) is 0 Å². The van der Waals surface area contributed by atoms with Crippen LogP contribution >= 0.6 is 0 Å². The first-order chi connectivity index (χ1) is 10.7. The van der Waals surface area contributed by atoms with Crippen molar-refractivity contribution in [2.45, 2.75) is 33.2 Å². The Bertz CT molecular complexity index is 637. The number of aromatic nitrogens is 2. The number of benzene rings is 1. The van der Waals surface area contributed by atoms with Crippen LogP contribution in [0.25, 0.3) is 0 Å². The molecular weight excluding hydrogens is 280 g/mol. The summed E-state index contributed by atoms with van der Waals surface area (Å²) in [7, 11) is 0. The Hall–Kier alpha value is -2.34. The molecule has 2 aromatic rings. The van der Waals surface area contributed by atoms with Gasteiger partial charge >= 0.3 is 6.03 Å². The van der Waals surface area contributed by atoms with Gasteiger partial charge in [-0.15, -0.1) is 0 Å². The van der Waals surface area contributed by atoms with Crippen molar-refractivity contribution in [2.75, 3.05) is 17.2 Å². The zero-order chi connectivity index (χ0) is 15.9. The summed E-state index contributed by atoms with van der Waals surface area (Å²) in [5, 5.41) is 18.4. The van der Waals surface area contributed by atoms with Crippen LogP contribution < -0.4 is 10.6 Å². The van der Waals surface area contributed by atoms with E-state index in [4.69, 9.17) is 5.11 Å². The lowest BCUT2D eigenvalue weighted by Crippen LogP contribution is -2.19. The Labute approximate surface area is 130 Å². The minimum atomic E-state index is -0.310. The summed E-state index contributed by atoms with van der Waals surface area (Å²) < 4.78 is 1.57. The van der Waals surface area contributed by atoms with Crippen molar-refractivity contribution >= 4 is 17.4 Å². The van der Waals surface area contributed by atoms with Crippen molar-refractivity contribution in [2.24, 2.45) is 0 Å². The van der Waals surface area contributed by atoms with Crippen molar-refractivity contribution in [3.8, 4) is 0 Å². The molecule has 1 aromatic carbocycles. The molecule has 1 heterocycles. The number of nitrogens with zero attached hydrogens (tertiary/aromatic N) is 2. The predicted molar refractivity (Wildman–Crippen MR) is 87.2 cm³/mol. The Morgan fingerprint density at radius 1 is 1.18 bits per heavy atom. The van der Waals surface area contributed by atoms with Crippen molar-refractivity contribution in [3.05, 3.63) is 41.7 Å². The number of aliphatic hydroxyl groups excluding tert-OH is 1. The van der Waals surface area contributed by atoms with Crippen LogP contribution in [0.2, 0.25) is 0 Å². The molecule has 22 heavy (non-hydrogen) atoms. The Kier molecular flexibility index (Phi) is 5.55. The molecule has 0 saturated heterocycles. The fraction of sp³-hybridized carbons (Fsp3) is 0.375. The molecule has 0 aliphatic rings. The van der Waals surface area contributed by atoms with E-state index < -0.39 is 0 Å². The molecule has 0 spiro atoms. The maximum atomic E-state index is 12.0. The standard InChI is InChI=1S/C16H22N4O2/c1-3-12-5-6-14(9-13(12)4-2)18-16(22)19-15-10-17-20(11-15)7-8-21/h5-6,9-11,21H,3-4,7-8H2,1-2H3,(H2,18,19,22). The van der Waals surface area contributed by atoms with Gasteiger partial charge in [0, 0.05) is 11.9 Å². The Morgan fingerprint density at radius 3 is 2.59 bits per heavy atom. The summed E-state index contributed by atoms with van der Waals surface area (Å²) in [6, 6.07) is 5.66. The minimum absolute atomic E-state index is 0.0108. The quantitative estimate of drug-likeness (QED) is 0.767. The molecule has 0 atom stereocenters. The summed E-state index contributed by atoms with van der Waals surface area (Å²) in [6.45, 7) is 4.64. The van der Waals surface area contributed by atoms with E-state index in [9.17, 15) is 4.79 Å². The van der Waals surface area contributed by atoms with Gasteiger partial charge in [-0.3, -0.25) is 4.68 Å². The summed E-state index contributed by atoms with van der Waals surface area (Å²) in [6.07, 6.45) is 5.15. The number of amides is 2. The van der Waals surface area contributed by atoms with E-state index in [-0.39, 0.29) is 12.6 Å². The lowest BCUT2D eigenvalue weighted by atomic mass is 10.0. The van der Waals surface area contributed by atoms with E-state index >= 15 is 0 Å². The van der Waals surface area contributed by atoms with E-state index in [2.05, 4.69) is 29.6 Å². The SMILES string of the molecule is CCc1ccc(NC(=O)Nc2cnn(CCO)c2)cc1CC. The molecule has 0 unspecified atom stereocenters. The lowest BCUT2D eigenvalue weighted by molar-refractivity contribution is 0.262. The highest BCUT2D eigenvalue weighted by molar-refractivity contribution is 5.99. The van der Waals surface area contributed by atoms with E-state index in [1.54, 1.807) is 17.1 Å². The maximum absolute atomic E-state index is 12.0. The van der Waals surface area contributed by atoms with Gasteiger partial charge in [0.05, 0.1) is 25.0 Å². The Morgan fingerprint density at radius 2 is 1.91 bits per heavy atom. The van der Waals surface area contributed by atoms with Gasteiger partial charge in [0.1, 0.15) is 0 Å². The molecule has 2 amide bonds. The molecular formula is C16H22N4O2. The third kappa shape index (κ3) is 4.08. The van der Waals surface area contributed by atoms with Gasteiger partial charge in [-0.05, 0) is 36.1 Å². The molecule has 0 aliphatic carbocycles. The number of nitrogens with one attached hydrogen (secondary N) is 2. The fourth-order valence-corrected chi connectivity index (χ4v) is 2.32. The van der Waals surface area contributed by atoms with Crippen LogP contribution in [0.4, 0.5) is 16.2 Å². The van der Waals surface area contributed by atoms with Crippen molar-refractivity contribution < 1.29 is 9.90 Å². The minimum Gasteiger partial charge on any atom is -0.394 e. The van der Waals surface area contributed by atoms with E-state index in [1.807, 2.05) is 18.2 Å². The van der Waals surface area contributed by atoms with Gasteiger partial charge in [-0.25, -0.2) is 4.79 Å². The highest BCUT2D eigenvalue weighted by Crippen LogP contribution is 2.17. The highest BCUT2D eigenvalue weighted by atomic mass is 16.3. The summed E-state index contributed by atoms with van der Waals surface area (Å²) >= 11 is 0. The number of carbonyl (C=O) groups excluding carboxylic acids is 1. The second-order valence-corrected chi connectivity index (χ2v) is 4.99. The van der Waals surface area contributed by atoms with E-state index in [1.165, 1.54) is 11.1 Å². The monoisotopic (exact) mass is 302 g/mol. The second-order valence-electron chi connectivity index (χ2n) is 4.99. The Balaban J connectivity index is 1.99. The molecule has 6 heteroatoms. The van der Waals surface area contributed by atoms with Gasteiger partial charge in [-0.2, -0.15) is 5.10 Å². The van der Waals surface area contributed by atoms with Crippen molar-refractivity contribution in [1.82, 2.24) is 9.78 Å². The number of rotatable bonds is 6. The molecule has 118 valence electrons. The van der Waals surface area contributed by atoms with Gasteiger partial charge in [0.15, 0.2) is 0 Å². The largest absolute Gasteiger partial charge is 0.394 e. The van der Waals surface area contributed by atoms with Crippen LogP contribution in [-0.2, 0) is 19.4 Å². The molecule has 0 saturated carbocycles. The first-order valence-corrected chi connectivity index (χ1v) is 7.49. The topological polar surface area (TPSA) is 79.2 Å². The lowest BCUT2D eigenvalue weighted by Gasteiger charge is -2.10. The first-order valence-electron chi connectivity index (χ1n) is 7.49. The third-order valence-electron chi connectivity index (χ3n) is 3.45. The molecule has 6 nitrogen and oxygen atoms in total. The first kappa shape index (κ1) is 16.0. The maximum Gasteiger partial charge on any atom is 0.323 e. The number of aryl methyl sites for hydroxylation is 2. The van der Waals surface area contributed by atoms with Gasteiger partial charge in [0.25, 0.3) is 0 Å². The normalized spacial score (nSPS) is 10.5. The zero-order valence-corrected chi connectivity index (χ0v) is 13.0.